The van der Waals surface area contributed by atoms with E-state index >= 15 is 0 Å². The van der Waals surface area contributed by atoms with Gasteiger partial charge in [-0.05, 0) is 37.0 Å². The largest absolute Gasteiger partial charge is 0.496 e. The molecule has 0 aromatic heterocycles. The maximum Gasteiger partial charge on any atom is 0.122 e. The fourth-order valence-corrected chi connectivity index (χ4v) is 1.75. The van der Waals surface area contributed by atoms with Crippen LogP contribution in [0.4, 0.5) is 0 Å². The van der Waals surface area contributed by atoms with Crippen LogP contribution < -0.4 is 4.74 Å². The Morgan fingerprint density at radius 3 is 2.71 bits per heavy atom. The van der Waals surface area contributed by atoms with Crippen molar-refractivity contribution in [1.82, 2.24) is 0 Å². The first-order valence-corrected chi connectivity index (χ1v) is 4.99. The van der Waals surface area contributed by atoms with Gasteiger partial charge in [0.25, 0.3) is 0 Å². The summed E-state index contributed by atoms with van der Waals surface area (Å²) < 4.78 is 5.24. The molecule has 0 spiro atoms. The van der Waals surface area contributed by atoms with E-state index in [1.165, 1.54) is 5.56 Å². The molecule has 2 nitrogen and oxygen atoms in total. The van der Waals surface area contributed by atoms with Crippen molar-refractivity contribution in [2.24, 2.45) is 0 Å². The Bertz CT molecular complexity index is 340. The topological polar surface area (TPSA) is 29.5 Å². The van der Waals surface area contributed by atoms with Crippen LogP contribution in [0.3, 0.4) is 0 Å². The standard InChI is InChI=1S/C12H16O2/c1-9-10(8-12(13)6-7-12)4-3-5-11(9)14-2/h3-5,13H,6-8H2,1-2H3. The van der Waals surface area contributed by atoms with Crippen LogP contribution in [0.2, 0.25) is 0 Å². The van der Waals surface area contributed by atoms with Crippen molar-refractivity contribution in [3.63, 3.8) is 0 Å². The second-order valence-corrected chi connectivity index (χ2v) is 4.15. The van der Waals surface area contributed by atoms with Gasteiger partial charge in [0.2, 0.25) is 0 Å². The van der Waals surface area contributed by atoms with Gasteiger partial charge in [-0.1, -0.05) is 12.1 Å². The van der Waals surface area contributed by atoms with Gasteiger partial charge >= 0.3 is 0 Å². The van der Waals surface area contributed by atoms with E-state index in [0.29, 0.717) is 0 Å². The Hall–Kier alpha value is -1.02. The van der Waals surface area contributed by atoms with Crippen molar-refractivity contribution in [2.75, 3.05) is 7.11 Å². The Kier molecular flexibility index (Phi) is 2.23. The van der Waals surface area contributed by atoms with E-state index in [4.69, 9.17) is 4.74 Å². The van der Waals surface area contributed by atoms with E-state index in [2.05, 4.69) is 6.07 Å². The summed E-state index contributed by atoms with van der Waals surface area (Å²) >= 11 is 0. The molecule has 1 N–H and O–H groups in total. The minimum Gasteiger partial charge on any atom is -0.496 e. The normalized spacial score (nSPS) is 17.9. The maximum absolute atomic E-state index is 9.83. The van der Waals surface area contributed by atoms with E-state index in [1.54, 1.807) is 7.11 Å². The van der Waals surface area contributed by atoms with Gasteiger partial charge in [0.1, 0.15) is 5.75 Å². The summed E-state index contributed by atoms with van der Waals surface area (Å²) in [6.45, 7) is 2.04. The smallest absolute Gasteiger partial charge is 0.122 e. The van der Waals surface area contributed by atoms with Crippen molar-refractivity contribution in [3.05, 3.63) is 29.3 Å². The van der Waals surface area contributed by atoms with Crippen LogP contribution in [-0.4, -0.2) is 17.8 Å². The van der Waals surface area contributed by atoms with Crippen molar-refractivity contribution in [3.8, 4) is 5.75 Å². The van der Waals surface area contributed by atoms with Crippen molar-refractivity contribution in [2.45, 2.75) is 31.8 Å². The lowest BCUT2D eigenvalue weighted by molar-refractivity contribution is 0.150. The Balaban J connectivity index is 2.24. The van der Waals surface area contributed by atoms with E-state index < -0.39 is 5.60 Å². The average molecular weight is 192 g/mol. The molecule has 2 rings (SSSR count). The number of hydrogen-bond donors (Lipinski definition) is 1. The molecule has 1 saturated carbocycles. The van der Waals surface area contributed by atoms with Crippen LogP contribution in [-0.2, 0) is 6.42 Å². The molecule has 0 saturated heterocycles. The van der Waals surface area contributed by atoms with Gasteiger partial charge in [0.05, 0.1) is 12.7 Å². The van der Waals surface area contributed by atoms with Crippen LogP contribution in [0.25, 0.3) is 0 Å². The molecule has 14 heavy (non-hydrogen) atoms. The molecule has 0 bridgehead atoms. The van der Waals surface area contributed by atoms with Gasteiger partial charge in [-0.3, -0.25) is 0 Å². The fourth-order valence-electron chi connectivity index (χ4n) is 1.75. The third-order valence-corrected chi connectivity index (χ3v) is 2.96. The molecule has 1 aromatic rings. The molecule has 76 valence electrons. The fraction of sp³-hybridized carbons (Fsp3) is 0.500. The lowest BCUT2D eigenvalue weighted by Gasteiger charge is -2.12. The molecular weight excluding hydrogens is 176 g/mol. The Morgan fingerprint density at radius 1 is 1.43 bits per heavy atom. The highest BCUT2D eigenvalue weighted by atomic mass is 16.5. The Morgan fingerprint density at radius 2 is 2.14 bits per heavy atom. The number of rotatable bonds is 3. The summed E-state index contributed by atoms with van der Waals surface area (Å²) in [5.41, 5.74) is 1.93. The monoisotopic (exact) mass is 192 g/mol. The lowest BCUT2D eigenvalue weighted by atomic mass is 10.0. The number of benzene rings is 1. The van der Waals surface area contributed by atoms with Gasteiger partial charge in [0.15, 0.2) is 0 Å². The average Bonchev–Trinajstić information content (AvgIpc) is 2.88. The van der Waals surface area contributed by atoms with Gasteiger partial charge in [-0.15, -0.1) is 0 Å². The zero-order valence-corrected chi connectivity index (χ0v) is 8.71. The summed E-state index contributed by atoms with van der Waals surface area (Å²) in [5, 5.41) is 9.83. The zero-order chi connectivity index (χ0) is 10.2. The van der Waals surface area contributed by atoms with E-state index in [9.17, 15) is 5.11 Å². The third-order valence-electron chi connectivity index (χ3n) is 2.96. The summed E-state index contributed by atoms with van der Waals surface area (Å²) in [6.07, 6.45) is 2.63. The minimum absolute atomic E-state index is 0.420. The molecule has 0 radical (unpaired) electrons. The zero-order valence-electron chi connectivity index (χ0n) is 8.71. The molecule has 1 aliphatic carbocycles. The van der Waals surface area contributed by atoms with E-state index in [1.807, 2.05) is 19.1 Å². The van der Waals surface area contributed by atoms with Crippen LogP contribution in [0.15, 0.2) is 18.2 Å². The molecule has 0 aliphatic heterocycles. The predicted molar refractivity (Wildman–Crippen MR) is 55.6 cm³/mol. The molecule has 0 heterocycles. The quantitative estimate of drug-likeness (QED) is 0.794. The molecule has 0 amide bonds. The SMILES string of the molecule is COc1cccc(CC2(O)CC2)c1C. The van der Waals surface area contributed by atoms with E-state index in [0.717, 1.165) is 30.6 Å². The van der Waals surface area contributed by atoms with Gasteiger partial charge in [-0.2, -0.15) is 0 Å². The molecule has 0 atom stereocenters. The first-order valence-electron chi connectivity index (χ1n) is 4.99. The molecular formula is C12H16O2. The van der Waals surface area contributed by atoms with Crippen LogP contribution >= 0.6 is 0 Å². The Labute approximate surface area is 84.5 Å². The minimum atomic E-state index is -0.420. The highest BCUT2D eigenvalue weighted by molar-refractivity contribution is 5.40. The highest BCUT2D eigenvalue weighted by Gasteiger charge is 2.40. The van der Waals surface area contributed by atoms with Crippen molar-refractivity contribution >= 4 is 0 Å². The number of hydrogen-bond acceptors (Lipinski definition) is 2. The number of methoxy groups -OCH3 is 1. The van der Waals surface area contributed by atoms with Gasteiger partial charge < -0.3 is 9.84 Å². The summed E-state index contributed by atoms with van der Waals surface area (Å²) in [5.74, 6) is 0.909. The highest BCUT2D eigenvalue weighted by Crippen LogP contribution is 2.39. The number of aliphatic hydroxyl groups is 1. The van der Waals surface area contributed by atoms with Gasteiger partial charge in [-0.25, -0.2) is 0 Å². The molecule has 1 aliphatic rings. The van der Waals surface area contributed by atoms with Crippen LogP contribution in [0, 0.1) is 6.92 Å². The molecule has 1 aromatic carbocycles. The van der Waals surface area contributed by atoms with Crippen molar-refractivity contribution < 1.29 is 9.84 Å². The summed E-state index contributed by atoms with van der Waals surface area (Å²) in [6, 6.07) is 6.00. The number of ether oxygens (including phenoxy) is 1. The summed E-state index contributed by atoms with van der Waals surface area (Å²) in [4.78, 5) is 0. The molecule has 1 fully saturated rings. The molecule has 2 heteroatoms. The third kappa shape index (κ3) is 1.75. The van der Waals surface area contributed by atoms with Gasteiger partial charge in [0, 0.05) is 6.42 Å². The first kappa shape index (κ1) is 9.53. The summed E-state index contributed by atoms with van der Waals surface area (Å²) in [7, 11) is 1.68. The van der Waals surface area contributed by atoms with Crippen LogP contribution in [0.1, 0.15) is 24.0 Å². The lowest BCUT2D eigenvalue weighted by Crippen LogP contribution is -2.11. The van der Waals surface area contributed by atoms with Crippen molar-refractivity contribution in [1.29, 1.82) is 0 Å². The second-order valence-electron chi connectivity index (χ2n) is 4.15. The second kappa shape index (κ2) is 3.28. The van der Waals surface area contributed by atoms with Crippen LogP contribution in [0.5, 0.6) is 5.75 Å². The van der Waals surface area contributed by atoms with E-state index in [-0.39, 0.29) is 0 Å². The molecule has 0 unspecified atom stereocenters. The first-order chi connectivity index (χ1) is 6.64. The maximum atomic E-state index is 9.83. The predicted octanol–water partition coefficient (Wildman–Crippen LogP) is 2.07.